The number of hydrogen-bond acceptors (Lipinski definition) is 5. The summed E-state index contributed by atoms with van der Waals surface area (Å²) in [7, 11) is 1.72. The Bertz CT molecular complexity index is 851. The van der Waals surface area contributed by atoms with E-state index < -0.39 is 6.17 Å². The molecule has 1 atom stereocenters. The summed E-state index contributed by atoms with van der Waals surface area (Å²) < 4.78 is 13.1. The standard InChI is InChI=1S/C18H18FN5O2/c1-22-15(11-25)24(18(26)23-8-2-3-9-23)14-10-20-16(21-17(14)22)12-4-6-13(19)7-5-12/h4-7,10-11,15H,2-3,8-9H2,1H3. The molecule has 2 aliphatic rings. The van der Waals surface area contributed by atoms with Crippen molar-refractivity contribution in [1.82, 2.24) is 14.9 Å². The molecule has 0 N–H and O–H groups in total. The predicted molar refractivity (Wildman–Crippen MR) is 94.4 cm³/mol. The van der Waals surface area contributed by atoms with Gasteiger partial charge in [-0.3, -0.25) is 9.69 Å². The van der Waals surface area contributed by atoms with E-state index in [9.17, 15) is 14.0 Å². The highest BCUT2D eigenvalue weighted by molar-refractivity contribution is 6.03. The molecule has 134 valence electrons. The summed E-state index contributed by atoms with van der Waals surface area (Å²) in [5.74, 6) is 0.579. The quantitative estimate of drug-likeness (QED) is 0.773. The van der Waals surface area contributed by atoms with Crippen LogP contribution < -0.4 is 9.80 Å². The third-order valence-electron chi connectivity index (χ3n) is 4.81. The molecular formula is C18H18FN5O2. The number of carbonyl (C=O) groups excluding carboxylic acids is 2. The fourth-order valence-corrected chi connectivity index (χ4v) is 3.40. The lowest BCUT2D eigenvalue weighted by Gasteiger charge is -2.28. The Hall–Kier alpha value is -3.03. The van der Waals surface area contributed by atoms with Crippen LogP contribution in [0.1, 0.15) is 12.8 Å². The molecule has 8 heteroatoms. The number of carbonyl (C=O) groups is 2. The van der Waals surface area contributed by atoms with Crippen LogP contribution >= 0.6 is 0 Å². The van der Waals surface area contributed by atoms with Crippen molar-refractivity contribution >= 4 is 23.8 Å². The van der Waals surface area contributed by atoms with E-state index in [1.165, 1.54) is 17.0 Å². The molecular weight excluding hydrogens is 337 g/mol. The molecule has 1 aromatic heterocycles. The summed E-state index contributed by atoms with van der Waals surface area (Å²) in [5.41, 5.74) is 1.17. The number of likely N-dealkylation sites (N-methyl/N-ethyl adjacent to an activating group) is 1. The monoisotopic (exact) mass is 355 g/mol. The molecule has 0 saturated carbocycles. The van der Waals surface area contributed by atoms with E-state index in [2.05, 4.69) is 9.97 Å². The van der Waals surface area contributed by atoms with Crippen LogP contribution in [-0.2, 0) is 4.79 Å². The number of aromatic nitrogens is 2. The first kappa shape index (κ1) is 16.4. The molecule has 2 aromatic rings. The molecule has 1 aromatic carbocycles. The summed E-state index contributed by atoms with van der Waals surface area (Å²) >= 11 is 0. The Morgan fingerprint density at radius 3 is 2.58 bits per heavy atom. The Labute approximate surface area is 150 Å². The highest BCUT2D eigenvalue weighted by atomic mass is 19.1. The molecule has 1 unspecified atom stereocenters. The molecule has 2 aliphatic heterocycles. The molecule has 0 spiro atoms. The van der Waals surface area contributed by atoms with E-state index in [4.69, 9.17) is 0 Å². The van der Waals surface area contributed by atoms with Crippen LogP contribution in [-0.4, -0.2) is 53.5 Å². The summed E-state index contributed by atoms with van der Waals surface area (Å²) in [5, 5.41) is 0. The van der Waals surface area contributed by atoms with Gasteiger partial charge in [0.05, 0.1) is 6.20 Å². The maximum absolute atomic E-state index is 13.1. The van der Waals surface area contributed by atoms with Gasteiger partial charge in [0.15, 0.2) is 24.1 Å². The van der Waals surface area contributed by atoms with Crippen molar-refractivity contribution in [1.29, 1.82) is 0 Å². The number of amides is 2. The van der Waals surface area contributed by atoms with E-state index in [1.54, 1.807) is 35.2 Å². The number of halogens is 1. The molecule has 2 amide bonds. The molecule has 0 bridgehead atoms. The van der Waals surface area contributed by atoms with Gasteiger partial charge in [0.25, 0.3) is 0 Å². The lowest BCUT2D eigenvalue weighted by Crippen LogP contribution is -2.50. The van der Waals surface area contributed by atoms with Crippen molar-refractivity contribution in [3.05, 3.63) is 36.3 Å². The lowest BCUT2D eigenvalue weighted by molar-refractivity contribution is -0.108. The minimum atomic E-state index is -0.754. The van der Waals surface area contributed by atoms with E-state index in [0.717, 1.165) is 19.1 Å². The third kappa shape index (κ3) is 2.58. The number of urea groups is 1. The minimum Gasteiger partial charge on any atom is -0.331 e. The number of fused-ring (bicyclic) bond motifs is 1. The third-order valence-corrected chi connectivity index (χ3v) is 4.81. The van der Waals surface area contributed by atoms with Gasteiger partial charge in [-0.05, 0) is 37.1 Å². The van der Waals surface area contributed by atoms with E-state index in [-0.39, 0.29) is 11.8 Å². The van der Waals surface area contributed by atoms with Crippen molar-refractivity contribution < 1.29 is 14.0 Å². The average molecular weight is 355 g/mol. The maximum atomic E-state index is 13.1. The normalized spacial score (nSPS) is 19.0. The first-order valence-electron chi connectivity index (χ1n) is 8.49. The number of aldehydes is 1. The second-order valence-corrected chi connectivity index (χ2v) is 6.42. The first-order valence-corrected chi connectivity index (χ1v) is 8.49. The van der Waals surface area contributed by atoms with Crippen LogP contribution in [0, 0.1) is 5.82 Å². The van der Waals surface area contributed by atoms with Crippen LogP contribution in [0.3, 0.4) is 0 Å². The number of hydrogen-bond donors (Lipinski definition) is 0. The molecule has 1 saturated heterocycles. The number of benzene rings is 1. The summed E-state index contributed by atoms with van der Waals surface area (Å²) in [4.78, 5) is 38.2. The lowest BCUT2D eigenvalue weighted by atomic mass is 10.2. The van der Waals surface area contributed by atoms with Crippen molar-refractivity contribution in [3.63, 3.8) is 0 Å². The van der Waals surface area contributed by atoms with Crippen LogP contribution in [0.4, 0.5) is 20.7 Å². The van der Waals surface area contributed by atoms with Crippen LogP contribution in [0.25, 0.3) is 11.4 Å². The summed E-state index contributed by atoms with van der Waals surface area (Å²) in [6.45, 7) is 1.38. The first-order chi connectivity index (χ1) is 12.6. The number of nitrogens with zero attached hydrogens (tertiary/aromatic N) is 5. The number of anilines is 2. The minimum absolute atomic E-state index is 0.205. The van der Waals surface area contributed by atoms with Crippen molar-refractivity contribution in [2.45, 2.75) is 19.0 Å². The highest BCUT2D eigenvalue weighted by Crippen LogP contribution is 2.38. The average Bonchev–Trinajstić information content (AvgIpc) is 3.28. The van der Waals surface area contributed by atoms with Gasteiger partial charge in [-0.2, -0.15) is 0 Å². The van der Waals surface area contributed by atoms with Crippen LogP contribution in [0.5, 0.6) is 0 Å². The van der Waals surface area contributed by atoms with Gasteiger partial charge in [0, 0.05) is 25.7 Å². The Balaban J connectivity index is 1.73. The molecule has 1 fully saturated rings. The SMILES string of the molecule is CN1c2nc(-c3ccc(F)cc3)ncc2N(C(=O)N2CCCC2)C1C=O. The largest absolute Gasteiger partial charge is 0.331 e. The zero-order valence-corrected chi connectivity index (χ0v) is 14.3. The van der Waals surface area contributed by atoms with Crippen LogP contribution in [0.15, 0.2) is 30.5 Å². The Morgan fingerprint density at radius 2 is 1.92 bits per heavy atom. The molecule has 26 heavy (non-hydrogen) atoms. The molecule has 0 aliphatic carbocycles. The van der Waals surface area contributed by atoms with Gasteiger partial charge in [-0.15, -0.1) is 0 Å². The van der Waals surface area contributed by atoms with Gasteiger partial charge in [0.2, 0.25) is 0 Å². The summed E-state index contributed by atoms with van der Waals surface area (Å²) in [6.07, 6.45) is 3.46. The highest BCUT2D eigenvalue weighted by Gasteiger charge is 2.41. The second-order valence-electron chi connectivity index (χ2n) is 6.42. The topological polar surface area (TPSA) is 69.6 Å². The van der Waals surface area contributed by atoms with Gasteiger partial charge < -0.3 is 9.80 Å². The smallest absolute Gasteiger partial charge is 0.326 e. The van der Waals surface area contributed by atoms with Gasteiger partial charge in [-0.1, -0.05) is 0 Å². The Morgan fingerprint density at radius 1 is 1.23 bits per heavy atom. The van der Waals surface area contributed by atoms with Crippen molar-refractivity contribution in [2.75, 3.05) is 29.9 Å². The molecule has 3 heterocycles. The summed E-state index contributed by atoms with van der Waals surface area (Å²) in [6, 6.07) is 5.66. The second kappa shape index (κ2) is 6.36. The number of rotatable bonds is 2. The molecule has 4 rings (SSSR count). The fourth-order valence-electron chi connectivity index (χ4n) is 3.40. The molecule has 0 radical (unpaired) electrons. The van der Waals surface area contributed by atoms with E-state index in [0.29, 0.717) is 36.0 Å². The van der Waals surface area contributed by atoms with E-state index >= 15 is 0 Å². The fraction of sp³-hybridized carbons (Fsp3) is 0.333. The predicted octanol–water partition coefficient (Wildman–Crippen LogP) is 2.28. The van der Waals surface area contributed by atoms with Gasteiger partial charge in [0.1, 0.15) is 11.5 Å². The zero-order chi connectivity index (χ0) is 18.3. The Kier molecular flexibility index (Phi) is 4.02. The van der Waals surface area contributed by atoms with Crippen molar-refractivity contribution in [3.8, 4) is 11.4 Å². The molecule has 7 nitrogen and oxygen atoms in total. The van der Waals surface area contributed by atoms with E-state index in [1.807, 2.05) is 0 Å². The van der Waals surface area contributed by atoms with Gasteiger partial charge >= 0.3 is 6.03 Å². The maximum Gasteiger partial charge on any atom is 0.326 e. The number of likely N-dealkylation sites (tertiary alicyclic amines) is 1. The van der Waals surface area contributed by atoms with Crippen molar-refractivity contribution in [2.24, 2.45) is 0 Å². The van der Waals surface area contributed by atoms with Gasteiger partial charge in [-0.25, -0.2) is 19.2 Å². The van der Waals surface area contributed by atoms with Crippen LogP contribution in [0.2, 0.25) is 0 Å². The zero-order valence-electron chi connectivity index (χ0n) is 14.3.